The molecule has 0 radical (unpaired) electrons. The molecule has 4 N–H and O–H groups in total. The van der Waals surface area contributed by atoms with Gasteiger partial charge in [-0.3, -0.25) is 9.59 Å². The van der Waals surface area contributed by atoms with E-state index in [0.717, 1.165) is 56.4 Å². The van der Waals surface area contributed by atoms with E-state index in [-0.39, 0.29) is 16.9 Å². The quantitative estimate of drug-likeness (QED) is 0.154. The molecule has 1 aliphatic rings. The lowest BCUT2D eigenvalue weighted by Gasteiger charge is -2.26. The van der Waals surface area contributed by atoms with Gasteiger partial charge in [-0.05, 0) is 32.0 Å². The number of nitrogens with one attached hydrogen (secondary N) is 1. The number of hydrogen-bond acceptors (Lipinski definition) is 9. The summed E-state index contributed by atoms with van der Waals surface area (Å²) in [4.78, 5) is 49.5. The number of nitrogens with zero attached hydrogens (tertiary/aromatic N) is 5. The highest BCUT2D eigenvalue weighted by atomic mass is 32.2. The number of H-pyrrole nitrogens is 1. The SMILES string of the molecule is CC(C)(C)c1nc(N2CCCN(CCCSc3nccc(=O)[nH]3)CC2)cc(C(F)(F)F)n1.O.O=C/C=C/C(=O)O. The van der Waals surface area contributed by atoms with E-state index in [9.17, 15) is 27.6 Å². The van der Waals surface area contributed by atoms with Crippen LogP contribution in [0.3, 0.4) is 0 Å². The van der Waals surface area contributed by atoms with Crippen LogP contribution in [0.1, 0.15) is 45.1 Å². The zero-order valence-corrected chi connectivity index (χ0v) is 23.4. The Labute approximate surface area is 234 Å². The first-order valence-electron chi connectivity index (χ1n) is 12.3. The standard InChI is InChI=1S/C21H29F3N6OS.C4H4O3.H2O/c1-20(2,3)18-26-15(21(22,23)24)14-16(27-18)30-10-4-8-29(11-12-30)9-5-13-32-19-25-7-6-17(31)28-19;5-3-1-2-4(6)7;/h6-7,14H,4-5,8-13H2,1-3H3,(H,25,28,31);1-3H,(H,6,7);1H2/b;2-1+;. The number of aromatic nitrogens is 4. The monoisotopic (exact) mass is 588 g/mol. The van der Waals surface area contributed by atoms with Crippen molar-refractivity contribution in [2.24, 2.45) is 0 Å². The van der Waals surface area contributed by atoms with Gasteiger partial charge >= 0.3 is 12.1 Å². The third kappa shape index (κ3) is 12.3. The summed E-state index contributed by atoms with van der Waals surface area (Å²) in [5, 5.41) is 8.41. The van der Waals surface area contributed by atoms with E-state index in [0.29, 0.717) is 30.3 Å². The normalized spacial score (nSPS) is 14.6. The predicted octanol–water partition coefficient (Wildman–Crippen LogP) is 2.57. The number of anilines is 1. The van der Waals surface area contributed by atoms with Gasteiger partial charge < -0.3 is 25.4 Å². The molecule has 0 amide bonds. The lowest BCUT2D eigenvalue weighted by molar-refractivity contribution is -0.141. The second-order valence-electron chi connectivity index (χ2n) is 9.64. The average molecular weight is 589 g/mol. The van der Waals surface area contributed by atoms with E-state index < -0.39 is 23.3 Å². The Morgan fingerprint density at radius 1 is 1.18 bits per heavy atom. The third-order valence-electron chi connectivity index (χ3n) is 5.41. The summed E-state index contributed by atoms with van der Waals surface area (Å²) >= 11 is 1.51. The molecular formula is C25H35F3N6O5S. The number of alkyl halides is 3. The van der Waals surface area contributed by atoms with Crippen LogP contribution in [0.15, 0.2) is 40.4 Å². The number of carbonyl (C=O) groups is 2. The first-order chi connectivity index (χ1) is 18.3. The first-order valence-corrected chi connectivity index (χ1v) is 13.2. The van der Waals surface area contributed by atoms with Crippen molar-refractivity contribution >= 4 is 29.8 Å². The maximum absolute atomic E-state index is 13.4. The third-order valence-corrected chi connectivity index (χ3v) is 6.38. The largest absolute Gasteiger partial charge is 0.478 e. The molecule has 0 bridgehead atoms. The summed E-state index contributed by atoms with van der Waals surface area (Å²) in [6.07, 6.45) is 0.849. The maximum Gasteiger partial charge on any atom is 0.433 e. The average Bonchev–Trinajstić information content (AvgIpc) is 3.10. The van der Waals surface area contributed by atoms with Gasteiger partial charge in [0.1, 0.15) is 23.6 Å². The predicted molar refractivity (Wildman–Crippen MR) is 146 cm³/mol. The zero-order valence-electron chi connectivity index (χ0n) is 22.6. The fourth-order valence-corrected chi connectivity index (χ4v) is 4.28. The van der Waals surface area contributed by atoms with Gasteiger partial charge in [0.15, 0.2) is 5.16 Å². The van der Waals surface area contributed by atoms with Gasteiger partial charge in [0.25, 0.3) is 5.56 Å². The van der Waals surface area contributed by atoms with E-state index >= 15 is 0 Å². The number of carboxylic acid groups (broad SMARTS) is 1. The molecule has 0 atom stereocenters. The number of aliphatic carboxylic acids is 1. The van der Waals surface area contributed by atoms with Gasteiger partial charge in [-0.1, -0.05) is 32.5 Å². The van der Waals surface area contributed by atoms with Gasteiger partial charge in [-0.2, -0.15) is 13.2 Å². The Bertz CT molecular complexity index is 1150. The van der Waals surface area contributed by atoms with Crippen molar-refractivity contribution in [1.82, 2.24) is 24.8 Å². The zero-order chi connectivity index (χ0) is 29.1. The molecule has 2 aromatic rings. The second-order valence-corrected chi connectivity index (χ2v) is 10.7. The topological polar surface area (TPSA) is 164 Å². The van der Waals surface area contributed by atoms with Crippen LogP contribution >= 0.6 is 11.8 Å². The van der Waals surface area contributed by atoms with Gasteiger partial charge in [-0.25, -0.2) is 19.7 Å². The van der Waals surface area contributed by atoms with Crippen LogP contribution in [-0.4, -0.2) is 86.2 Å². The molecule has 0 aromatic carbocycles. The summed E-state index contributed by atoms with van der Waals surface area (Å²) in [5.74, 6) is 0.261. The summed E-state index contributed by atoms with van der Waals surface area (Å²) < 4.78 is 40.3. The molecule has 1 aliphatic heterocycles. The summed E-state index contributed by atoms with van der Waals surface area (Å²) in [6, 6.07) is 2.45. The lowest BCUT2D eigenvalue weighted by Crippen LogP contribution is -2.33. The number of carbonyl (C=O) groups excluding carboxylic acids is 1. The van der Waals surface area contributed by atoms with Gasteiger partial charge in [0.05, 0.1) is 0 Å². The number of hydrogen-bond donors (Lipinski definition) is 2. The van der Waals surface area contributed by atoms with Crippen LogP contribution in [0, 0.1) is 0 Å². The van der Waals surface area contributed by atoms with E-state index in [1.165, 1.54) is 24.0 Å². The summed E-state index contributed by atoms with van der Waals surface area (Å²) in [6.45, 7) is 9.21. The van der Waals surface area contributed by atoms with Gasteiger partial charge in [-0.15, -0.1) is 0 Å². The second kappa shape index (κ2) is 16.1. The molecule has 3 heterocycles. The fraction of sp³-hybridized carbons (Fsp3) is 0.520. The Hall–Kier alpha value is -3.30. The van der Waals surface area contributed by atoms with Gasteiger partial charge in [0, 0.05) is 55.2 Å². The number of halogens is 3. The lowest BCUT2D eigenvalue weighted by atomic mass is 9.95. The molecule has 1 fully saturated rings. The van der Waals surface area contributed by atoms with Gasteiger partial charge in [0.2, 0.25) is 0 Å². The highest BCUT2D eigenvalue weighted by Gasteiger charge is 2.35. The van der Waals surface area contributed by atoms with E-state index in [4.69, 9.17) is 5.11 Å². The van der Waals surface area contributed by atoms with Crippen LogP contribution in [0.5, 0.6) is 0 Å². The smallest absolute Gasteiger partial charge is 0.433 e. The molecule has 2 aromatic heterocycles. The number of rotatable bonds is 8. The molecule has 1 saturated heterocycles. The van der Waals surface area contributed by atoms with Crippen molar-refractivity contribution in [2.75, 3.05) is 43.4 Å². The van der Waals surface area contributed by atoms with Crippen molar-refractivity contribution in [3.05, 3.63) is 52.4 Å². The van der Waals surface area contributed by atoms with Crippen molar-refractivity contribution in [2.45, 2.75) is 50.4 Å². The number of thioether (sulfide) groups is 1. The molecule has 0 spiro atoms. The highest BCUT2D eigenvalue weighted by Crippen LogP contribution is 2.32. The number of allylic oxidation sites excluding steroid dienone is 1. The first kappa shape index (κ1) is 34.7. The van der Waals surface area contributed by atoms with Crippen LogP contribution in [0.25, 0.3) is 0 Å². The minimum Gasteiger partial charge on any atom is -0.478 e. The minimum atomic E-state index is -4.51. The molecule has 11 nitrogen and oxygen atoms in total. The summed E-state index contributed by atoms with van der Waals surface area (Å²) in [7, 11) is 0. The van der Waals surface area contributed by atoms with Crippen molar-refractivity contribution < 1.29 is 33.3 Å². The molecule has 15 heteroatoms. The molecule has 0 unspecified atom stereocenters. The van der Waals surface area contributed by atoms with E-state index in [1.807, 2.05) is 25.7 Å². The number of aromatic amines is 1. The van der Waals surface area contributed by atoms with E-state index in [1.54, 1.807) is 0 Å². The molecule has 0 aliphatic carbocycles. The number of aldehydes is 1. The van der Waals surface area contributed by atoms with Crippen LogP contribution in [0.4, 0.5) is 19.0 Å². The van der Waals surface area contributed by atoms with Crippen LogP contribution < -0.4 is 10.5 Å². The molecular weight excluding hydrogens is 553 g/mol. The Morgan fingerprint density at radius 3 is 2.48 bits per heavy atom. The Balaban J connectivity index is 0.000000886. The molecule has 40 heavy (non-hydrogen) atoms. The summed E-state index contributed by atoms with van der Waals surface area (Å²) in [5.41, 5.74) is -1.63. The molecule has 222 valence electrons. The molecule has 3 rings (SSSR count). The van der Waals surface area contributed by atoms with E-state index in [2.05, 4.69) is 24.8 Å². The molecule has 0 saturated carbocycles. The Morgan fingerprint density at radius 2 is 1.90 bits per heavy atom. The minimum absolute atomic E-state index is 0. The Kier molecular flexibility index (Phi) is 14.0. The maximum atomic E-state index is 13.4. The highest BCUT2D eigenvalue weighted by molar-refractivity contribution is 7.99. The van der Waals surface area contributed by atoms with Crippen molar-refractivity contribution in [3.63, 3.8) is 0 Å². The van der Waals surface area contributed by atoms with Crippen molar-refractivity contribution in [3.8, 4) is 0 Å². The number of carboxylic acids is 1. The fourth-order valence-electron chi connectivity index (χ4n) is 3.50. The van der Waals surface area contributed by atoms with Crippen LogP contribution in [0.2, 0.25) is 0 Å². The van der Waals surface area contributed by atoms with Crippen molar-refractivity contribution in [1.29, 1.82) is 0 Å². The van der Waals surface area contributed by atoms with Crippen LogP contribution in [-0.2, 0) is 21.2 Å².